The monoisotopic (exact) mass is 509 g/mol. The van der Waals surface area contributed by atoms with Crippen LogP contribution in [0.5, 0.6) is 0 Å². The number of hydrogen-bond acceptors (Lipinski definition) is 1. The Hall–Kier alpha value is -3.70. The Bertz CT molecular complexity index is 1680. The highest BCUT2D eigenvalue weighted by Crippen LogP contribution is 2.36. The van der Waals surface area contributed by atoms with Gasteiger partial charge in [0.1, 0.15) is 16.2 Å². The second-order valence-electron chi connectivity index (χ2n) is 8.56. The first-order valence-electron chi connectivity index (χ1n) is 11.1. The zero-order valence-electron chi connectivity index (χ0n) is 18.8. The molecule has 0 saturated heterocycles. The smallest absolute Gasteiger partial charge is 0.145 e. The van der Waals surface area contributed by atoms with Gasteiger partial charge in [0.25, 0.3) is 0 Å². The first-order valence-corrected chi connectivity index (χ1v) is 11.9. The molecule has 0 amide bonds. The molecule has 166 valence electrons. The molecule has 0 aliphatic heterocycles. The molecule has 0 aliphatic rings. The van der Waals surface area contributed by atoms with Crippen molar-refractivity contribution in [2.75, 3.05) is 0 Å². The van der Waals surface area contributed by atoms with Gasteiger partial charge in [-0.1, -0.05) is 36.4 Å². The largest absolute Gasteiger partial charge is 0.309 e. The Morgan fingerprint density at radius 2 is 1.44 bits per heavy atom. The van der Waals surface area contributed by atoms with Crippen molar-refractivity contribution < 1.29 is 4.39 Å². The molecule has 0 radical (unpaired) electrons. The number of fused-ring (bicyclic) bond motifs is 3. The van der Waals surface area contributed by atoms with Gasteiger partial charge in [-0.3, -0.25) is 4.57 Å². The average Bonchev–Trinajstić information content (AvgIpc) is 3.36. The summed E-state index contributed by atoms with van der Waals surface area (Å²) in [4.78, 5) is 4.81. The van der Waals surface area contributed by atoms with E-state index in [0.29, 0.717) is 0 Å². The molecule has 0 saturated carbocycles. The Morgan fingerprint density at radius 1 is 0.765 bits per heavy atom. The molecule has 2 heterocycles. The van der Waals surface area contributed by atoms with E-state index in [1.165, 1.54) is 17.2 Å². The predicted molar refractivity (Wildman–Crippen MR) is 140 cm³/mol. The lowest BCUT2D eigenvalue weighted by atomic mass is 10.1. The van der Waals surface area contributed by atoms with Crippen molar-refractivity contribution in [2.45, 2.75) is 13.8 Å². The van der Waals surface area contributed by atoms with Crippen LogP contribution in [0.1, 0.15) is 11.1 Å². The number of rotatable bonds is 3. The van der Waals surface area contributed by atoms with E-state index in [1.54, 1.807) is 6.07 Å². The van der Waals surface area contributed by atoms with Gasteiger partial charge in [-0.05, 0) is 89.4 Å². The van der Waals surface area contributed by atoms with E-state index in [0.717, 1.165) is 49.2 Å². The maximum Gasteiger partial charge on any atom is 0.145 e. The standard InChI is InChI=1S/C29H21BrFN3/c1-18-7-6-8-19(2)28(18)33-17-27(30)32-29(33)20-11-13-25-23(15-20)24-16-21(31)12-14-26(24)34(25)22-9-4-3-5-10-22/h3-17H,1-2H3. The van der Waals surface area contributed by atoms with Crippen LogP contribution in [-0.4, -0.2) is 14.1 Å². The van der Waals surface area contributed by atoms with Gasteiger partial charge in [-0.2, -0.15) is 0 Å². The third-order valence-electron chi connectivity index (χ3n) is 6.36. The van der Waals surface area contributed by atoms with Crippen LogP contribution in [0.3, 0.4) is 0 Å². The molecular formula is C29H21BrFN3. The lowest BCUT2D eigenvalue weighted by Crippen LogP contribution is -2.01. The molecule has 0 spiro atoms. The molecular weight excluding hydrogens is 489 g/mol. The van der Waals surface area contributed by atoms with Crippen molar-refractivity contribution in [2.24, 2.45) is 0 Å². The van der Waals surface area contributed by atoms with Crippen molar-refractivity contribution in [1.29, 1.82) is 0 Å². The third-order valence-corrected chi connectivity index (χ3v) is 6.74. The summed E-state index contributed by atoms with van der Waals surface area (Å²) in [5.41, 5.74) is 7.48. The number of aryl methyl sites for hydroxylation is 2. The van der Waals surface area contributed by atoms with Crippen molar-refractivity contribution in [3.05, 3.63) is 113 Å². The van der Waals surface area contributed by atoms with Gasteiger partial charge >= 0.3 is 0 Å². The lowest BCUT2D eigenvalue weighted by Gasteiger charge is -2.14. The van der Waals surface area contributed by atoms with Crippen molar-refractivity contribution in [3.63, 3.8) is 0 Å². The van der Waals surface area contributed by atoms with Gasteiger partial charge in [0, 0.05) is 28.2 Å². The molecule has 0 atom stereocenters. The molecule has 6 rings (SSSR count). The Morgan fingerprint density at radius 3 is 2.18 bits per heavy atom. The van der Waals surface area contributed by atoms with Crippen molar-refractivity contribution in [1.82, 2.24) is 14.1 Å². The van der Waals surface area contributed by atoms with Gasteiger partial charge < -0.3 is 4.57 Å². The summed E-state index contributed by atoms with van der Waals surface area (Å²) in [5.74, 6) is 0.591. The van der Waals surface area contributed by atoms with Crippen LogP contribution in [0.25, 0.3) is 44.6 Å². The Balaban J connectivity index is 1.64. The number of para-hydroxylation sites is 2. The van der Waals surface area contributed by atoms with Crippen LogP contribution in [-0.2, 0) is 0 Å². The molecule has 4 aromatic carbocycles. The van der Waals surface area contributed by atoms with Crippen molar-refractivity contribution in [3.8, 4) is 22.8 Å². The Labute approximate surface area is 205 Å². The first kappa shape index (κ1) is 20.9. The molecule has 0 N–H and O–H groups in total. The van der Waals surface area contributed by atoms with Gasteiger partial charge in [-0.15, -0.1) is 0 Å². The fourth-order valence-electron chi connectivity index (χ4n) is 4.90. The molecule has 34 heavy (non-hydrogen) atoms. The summed E-state index contributed by atoms with van der Waals surface area (Å²) in [6.45, 7) is 4.22. The summed E-state index contributed by atoms with van der Waals surface area (Å²) in [5, 5.41) is 1.87. The summed E-state index contributed by atoms with van der Waals surface area (Å²) in [6, 6.07) is 27.8. The number of benzene rings is 4. The third kappa shape index (κ3) is 3.27. The number of halogens is 2. The highest BCUT2D eigenvalue weighted by Gasteiger charge is 2.18. The molecule has 6 aromatic rings. The van der Waals surface area contributed by atoms with Crippen LogP contribution < -0.4 is 0 Å². The van der Waals surface area contributed by atoms with Gasteiger partial charge in [0.05, 0.1) is 16.7 Å². The Kier molecular flexibility index (Phi) is 4.89. The van der Waals surface area contributed by atoms with E-state index in [-0.39, 0.29) is 5.82 Å². The summed E-state index contributed by atoms with van der Waals surface area (Å²) < 4.78 is 19.4. The highest BCUT2D eigenvalue weighted by atomic mass is 79.9. The molecule has 0 fully saturated rings. The first-order chi connectivity index (χ1) is 16.5. The van der Waals surface area contributed by atoms with E-state index in [9.17, 15) is 4.39 Å². The van der Waals surface area contributed by atoms with E-state index in [4.69, 9.17) is 4.98 Å². The summed E-state index contributed by atoms with van der Waals surface area (Å²) in [7, 11) is 0. The number of nitrogens with zero attached hydrogens (tertiary/aromatic N) is 3. The zero-order valence-corrected chi connectivity index (χ0v) is 20.3. The average molecular weight is 510 g/mol. The van der Waals surface area contributed by atoms with Crippen LogP contribution in [0.4, 0.5) is 4.39 Å². The second kappa shape index (κ2) is 7.96. The van der Waals surface area contributed by atoms with E-state index < -0.39 is 0 Å². The minimum absolute atomic E-state index is 0.246. The fraction of sp³-hybridized carbons (Fsp3) is 0.0690. The van der Waals surface area contributed by atoms with Crippen LogP contribution in [0.2, 0.25) is 0 Å². The van der Waals surface area contributed by atoms with Gasteiger partial charge in [0.2, 0.25) is 0 Å². The maximum absolute atomic E-state index is 14.3. The molecule has 2 aromatic heterocycles. The normalized spacial score (nSPS) is 11.5. The number of aromatic nitrogens is 3. The van der Waals surface area contributed by atoms with Gasteiger partial charge in [-0.25, -0.2) is 9.37 Å². The number of hydrogen-bond donors (Lipinski definition) is 0. The predicted octanol–water partition coefficient (Wildman–Crippen LogP) is 8.15. The van der Waals surface area contributed by atoms with E-state index in [1.807, 2.05) is 30.5 Å². The van der Waals surface area contributed by atoms with Crippen LogP contribution in [0, 0.1) is 19.7 Å². The maximum atomic E-state index is 14.3. The fourth-order valence-corrected chi connectivity index (χ4v) is 5.27. The lowest BCUT2D eigenvalue weighted by molar-refractivity contribution is 0.629. The molecule has 3 nitrogen and oxygen atoms in total. The van der Waals surface area contributed by atoms with Gasteiger partial charge in [0.15, 0.2) is 0 Å². The quantitative estimate of drug-likeness (QED) is 0.236. The number of imidazole rings is 1. The molecule has 0 aliphatic carbocycles. The minimum atomic E-state index is -0.246. The minimum Gasteiger partial charge on any atom is -0.309 e. The van der Waals surface area contributed by atoms with E-state index in [2.05, 4.69) is 87.4 Å². The SMILES string of the molecule is Cc1cccc(C)c1-n1cc(Br)nc1-c1ccc2c(c1)c1cc(F)ccc1n2-c1ccccc1. The second-order valence-corrected chi connectivity index (χ2v) is 9.37. The van der Waals surface area contributed by atoms with Crippen LogP contribution in [0.15, 0.2) is 95.7 Å². The summed E-state index contributed by atoms with van der Waals surface area (Å²) >= 11 is 3.57. The molecule has 5 heteroatoms. The molecule has 0 bridgehead atoms. The van der Waals surface area contributed by atoms with E-state index >= 15 is 0 Å². The van der Waals surface area contributed by atoms with Crippen LogP contribution >= 0.6 is 15.9 Å². The van der Waals surface area contributed by atoms with Crippen molar-refractivity contribution >= 4 is 37.7 Å². The highest BCUT2D eigenvalue weighted by molar-refractivity contribution is 9.10. The topological polar surface area (TPSA) is 22.8 Å². The zero-order chi connectivity index (χ0) is 23.4. The summed E-state index contributed by atoms with van der Waals surface area (Å²) in [6.07, 6.45) is 2.00. The molecule has 0 unspecified atom stereocenters.